The summed E-state index contributed by atoms with van der Waals surface area (Å²) < 4.78 is 0. The molecule has 3 aromatic heterocycles. The summed E-state index contributed by atoms with van der Waals surface area (Å²) in [4.78, 5) is 16.5. The van der Waals surface area contributed by atoms with Crippen LogP contribution in [0.25, 0.3) is 46.4 Å². The molecule has 0 atom stereocenters. The van der Waals surface area contributed by atoms with Crippen LogP contribution in [0.4, 0.5) is 0 Å². The Morgan fingerprint density at radius 1 is 0.655 bits per heavy atom. The molecule has 5 heterocycles. The van der Waals surface area contributed by atoms with Crippen LogP contribution in [-0.2, 0) is 6.42 Å². The first-order chi connectivity index (χ1) is 14.2. The molecule has 2 aliphatic heterocycles. The average Bonchev–Trinajstić information content (AvgIpc) is 3.47. The second-order valence-corrected chi connectivity index (χ2v) is 7.66. The van der Waals surface area contributed by atoms with Crippen molar-refractivity contribution in [1.29, 1.82) is 0 Å². The van der Waals surface area contributed by atoms with E-state index < -0.39 is 0 Å². The van der Waals surface area contributed by atoms with Crippen molar-refractivity contribution in [3.8, 4) is 0 Å². The number of hydrogen-bond acceptors (Lipinski definition) is 2. The predicted octanol–water partition coefficient (Wildman–Crippen LogP) is 6.39. The van der Waals surface area contributed by atoms with E-state index in [1.54, 1.807) is 0 Å². The SMILES string of the molecule is CCCCCc1cc2cc3ccc(cc4nc(cc5nc(cc1[nH]2)C=C5)C=C4)[nH]3. The van der Waals surface area contributed by atoms with Gasteiger partial charge in [0.15, 0.2) is 0 Å². The summed E-state index contributed by atoms with van der Waals surface area (Å²) in [6.45, 7) is 2.24. The standard InChI is InChI=1S/C25H24N4/c1-2-3-4-5-17-12-24-15-22-9-8-20(27-22)13-18-6-7-19(26-18)14-21-10-11-23(28-21)16-25(17)29-24/h6-16,27,29H,2-5H2,1H3. The van der Waals surface area contributed by atoms with Crippen molar-refractivity contribution in [1.82, 2.24) is 19.9 Å². The summed E-state index contributed by atoms with van der Waals surface area (Å²) in [5.74, 6) is 0. The zero-order chi connectivity index (χ0) is 19.6. The van der Waals surface area contributed by atoms with Crippen molar-refractivity contribution >= 4 is 46.4 Å². The molecule has 3 aromatic rings. The van der Waals surface area contributed by atoms with Gasteiger partial charge in [0.1, 0.15) is 0 Å². The van der Waals surface area contributed by atoms with Crippen LogP contribution in [0.15, 0.2) is 42.5 Å². The van der Waals surface area contributed by atoms with E-state index in [0.29, 0.717) is 0 Å². The lowest BCUT2D eigenvalue weighted by Crippen LogP contribution is -1.83. The van der Waals surface area contributed by atoms with E-state index in [9.17, 15) is 0 Å². The number of aryl methyl sites for hydroxylation is 1. The van der Waals surface area contributed by atoms with Gasteiger partial charge in [0, 0.05) is 22.1 Å². The van der Waals surface area contributed by atoms with Crippen molar-refractivity contribution in [2.24, 2.45) is 0 Å². The third-order valence-corrected chi connectivity index (χ3v) is 5.30. The molecule has 0 aromatic carbocycles. The Kier molecular flexibility index (Phi) is 4.60. The Morgan fingerprint density at radius 3 is 2.03 bits per heavy atom. The summed E-state index contributed by atoms with van der Waals surface area (Å²) in [6.07, 6.45) is 12.9. The molecular weight excluding hydrogens is 356 g/mol. The van der Waals surface area contributed by atoms with Crippen molar-refractivity contribution in [3.63, 3.8) is 0 Å². The zero-order valence-electron chi connectivity index (χ0n) is 16.6. The van der Waals surface area contributed by atoms with E-state index in [0.717, 1.165) is 51.3 Å². The summed E-state index contributed by atoms with van der Waals surface area (Å²) in [5.41, 5.74) is 9.49. The maximum Gasteiger partial charge on any atom is 0.0659 e. The van der Waals surface area contributed by atoms with E-state index >= 15 is 0 Å². The van der Waals surface area contributed by atoms with Crippen LogP contribution in [0.3, 0.4) is 0 Å². The van der Waals surface area contributed by atoms with Crippen LogP contribution in [0.5, 0.6) is 0 Å². The smallest absolute Gasteiger partial charge is 0.0659 e. The maximum atomic E-state index is 4.76. The van der Waals surface area contributed by atoms with Crippen LogP contribution >= 0.6 is 0 Å². The van der Waals surface area contributed by atoms with Gasteiger partial charge < -0.3 is 9.97 Å². The number of H-pyrrole nitrogens is 2. The van der Waals surface area contributed by atoms with Gasteiger partial charge in [-0.1, -0.05) is 19.8 Å². The minimum atomic E-state index is 0.925. The van der Waals surface area contributed by atoms with E-state index in [1.807, 2.05) is 24.3 Å². The molecule has 5 rings (SSSR count). The van der Waals surface area contributed by atoms with Crippen LogP contribution < -0.4 is 0 Å². The highest BCUT2D eigenvalue weighted by Crippen LogP contribution is 2.21. The maximum absolute atomic E-state index is 4.76. The highest BCUT2D eigenvalue weighted by molar-refractivity contribution is 5.78. The van der Waals surface area contributed by atoms with Gasteiger partial charge in [-0.3, -0.25) is 0 Å². The van der Waals surface area contributed by atoms with Gasteiger partial charge in [-0.15, -0.1) is 0 Å². The third kappa shape index (κ3) is 3.92. The molecule has 4 nitrogen and oxygen atoms in total. The fourth-order valence-corrected chi connectivity index (χ4v) is 3.85. The van der Waals surface area contributed by atoms with Gasteiger partial charge in [0.2, 0.25) is 0 Å². The molecule has 144 valence electrons. The van der Waals surface area contributed by atoms with Crippen LogP contribution in [-0.4, -0.2) is 19.9 Å². The number of fused-ring (bicyclic) bond motifs is 8. The number of nitrogens with zero attached hydrogens (tertiary/aromatic N) is 2. The Bertz CT molecular complexity index is 1270. The number of unbranched alkanes of at least 4 members (excludes halogenated alkanes) is 2. The number of nitrogens with one attached hydrogen (secondary N) is 2. The molecule has 2 N–H and O–H groups in total. The fraction of sp³-hybridized carbons (Fsp3) is 0.200. The summed E-state index contributed by atoms with van der Waals surface area (Å²) in [6, 6.07) is 14.9. The molecule has 0 saturated heterocycles. The Hall–Kier alpha value is -3.40. The van der Waals surface area contributed by atoms with E-state index in [2.05, 4.69) is 64.3 Å². The molecular formula is C25H24N4. The van der Waals surface area contributed by atoms with Gasteiger partial charge in [-0.05, 0) is 85.2 Å². The van der Waals surface area contributed by atoms with Gasteiger partial charge in [-0.2, -0.15) is 0 Å². The van der Waals surface area contributed by atoms with Crippen molar-refractivity contribution < 1.29 is 0 Å². The first-order valence-electron chi connectivity index (χ1n) is 10.3. The normalized spacial score (nSPS) is 12.6. The van der Waals surface area contributed by atoms with Crippen LogP contribution in [0.2, 0.25) is 0 Å². The predicted molar refractivity (Wildman–Crippen MR) is 122 cm³/mol. The van der Waals surface area contributed by atoms with Crippen molar-refractivity contribution in [2.45, 2.75) is 32.6 Å². The monoisotopic (exact) mass is 380 g/mol. The second-order valence-electron chi connectivity index (χ2n) is 7.66. The molecule has 0 aliphatic carbocycles. The Labute approximate surface area is 170 Å². The molecule has 0 radical (unpaired) electrons. The van der Waals surface area contributed by atoms with Crippen LogP contribution in [0, 0.1) is 0 Å². The molecule has 4 heteroatoms. The molecule has 8 bridgehead atoms. The molecule has 0 spiro atoms. The Morgan fingerprint density at radius 2 is 1.31 bits per heavy atom. The third-order valence-electron chi connectivity index (χ3n) is 5.30. The average molecular weight is 380 g/mol. The molecule has 0 saturated carbocycles. The molecule has 29 heavy (non-hydrogen) atoms. The minimum Gasteiger partial charge on any atom is -0.355 e. The van der Waals surface area contributed by atoms with E-state index in [4.69, 9.17) is 4.98 Å². The first kappa shape index (κ1) is 17.7. The minimum absolute atomic E-state index is 0.925. The number of aromatic nitrogens is 4. The topological polar surface area (TPSA) is 57.4 Å². The van der Waals surface area contributed by atoms with E-state index in [1.165, 1.54) is 24.8 Å². The molecule has 0 fully saturated rings. The Balaban J connectivity index is 1.74. The highest BCUT2D eigenvalue weighted by atomic mass is 14.8. The van der Waals surface area contributed by atoms with Gasteiger partial charge >= 0.3 is 0 Å². The van der Waals surface area contributed by atoms with Gasteiger partial charge in [-0.25, -0.2) is 9.97 Å². The molecule has 0 unspecified atom stereocenters. The van der Waals surface area contributed by atoms with Gasteiger partial charge in [0.25, 0.3) is 0 Å². The summed E-state index contributed by atoms with van der Waals surface area (Å²) >= 11 is 0. The second kappa shape index (κ2) is 7.55. The van der Waals surface area contributed by atoms with Crippen molar-refractivity contribution in [3.05, 3.63) is 70.8 Å². The number of aromatic amines is 2. The lowest BCUT2D eigenvalue weighted by Gasteiger charge is -1.97. The molecule has 2 aliphatic rings. The van der Waals surface area contributed by atoms with Gasteiger partial charge in [0.05, 0.1) is 22.8 Å². The fourth-order valence-electron chi connectivity index (χ4n) is 3.85. The number of rotatable bonds is 4. The quantitative estimate of drug-likeness (QED) is 0.355. The summed E-state index contributed by atoms with van der Waals surface area (Å²) in [7, 11) is 0. The number of hydrogen-bond donors (Lipinski definition) is 2. The van der Waals surface area contributed by atoms with E-state index in [-0.39, 0.29) is 0 Å². The first-order valence-corrected chi connectivity index (χ1v) is 10.3. The largest absolute Gasteiger partial charge is 0.355 e. The highest BCUT2D eigenvalue weighted by Gasteiger charge is 2.05. The lowest BCUT2D eigenvalue weighted by molar-refractivity contribution is 0.720. The lowest BCUT2D eigenvalue weighted by atomic mass is 10.1. The van der Waals surface area contributed by atoms with Crippen molar-refractivity contribution in [2.75, 3.05) is 0 Å². The zero-order valence-corrected chi connectivity index (χ0v) is 16.6. The summed E-state index contributed by atoms with van der Waals surface area (Å²) in [5, 5.41) is 0. The molecule has 0 amide bonds. The van der Waals surface area contributed by atoms with Crippen LogP contribution in [0.1, 0.15) is 54.5 Å².